The zero-order valence-corrected chi connectivity index (χ0v) is 18.7. The van der Waals surface area contributed by atoms with Gasteiger partial charge in [-0.3, -0.25) is 9.10 Å². The molecule has 3 aromatic rings. The van der Waals surface area contributed by atoms with Crippen molar-refractivity contribution in [3.63, 3.8) is 0 Å². The van der Waals surface area contributed by atoms with Crippen LogP contribution < -0.4 is 9.04 Å². The van der Waals surface area contributed by atoms with Crippen LogP contribution in [0.25, 0.3) is 0 Å². The molecule has 1 aliphatic rings. The lowest BCUT2D eigenvalue weighted by molar-refractivity contribution is -0.128. The van der Waals surface area contributed by atoms with Gasteiger partial charge in [0, 0.05) is 13.1 Å². The summed E-state index contributed by atoms with van der Waals surface area (Å²) in [6, 6.07) is 24.2. The summed E-state index contributed by atoms with van der Waals surface area (Å²) >= 11 is 0. The highest BCUT2D eigenvalue weighted by Gasteiger charge is 2.32. The Balaban J connectivity index is 1.74. The van der Waals surface area contributed by atoms with E-state index in [9.17, 15) is 13.2 Å². The topological polar surface area (TPSA) is 66.9 Å². The predicted molar refractivity (Wildman–Crippen MR) is 124 cm³/mol. The van der Waals surface area contributed by atoms with Gasteiger partial charge >= 0.3 is 0 Å². The van der Waals surface area contributed by atoms with Crippen molar-refractivity contribution in [2.75, 3.05) is 23.9 Å². The number of anilines is 1. The van der Waals surface area contributed by atoms with E-state index in [1.807, 2.05) is 18.2 Å². The summed E-state index contributed by atoms with van der Waals surface area (Å²) in [6.45, 7) is 3.08. The molecule has 1 amide bonds. The second-order valence-electron chi connectivity index (χ2n) is 7.94. The second-order valence-corrected chi connectivity index (χ2v) is 9.80. The van der Waals surface area contributed by atoms with E-state index in [4.69, 9.17) is 4.74 Å². The minimum absolute atomic E-state index is 0.122. The summed E-state index contributed by atoms with van der Waals surface area (Å²) < 4.78 is 34.5. The van der Waals surface area contributed by atoms with Crippen LogP contribution in [-0.2, 0) is 14.8 Å². The molecule has 166 valence electrons. The number of nitrogens with zero attached hydrogens (tertiary/aromatic N) is 2. The Kier molecular flexibility index (Phi) is 6.46. The van der Waals surface area contributed by atoms with E-state index in [0.717, 1.165) is 10.7 Å². The molecule has 1 atom stereocenters. The van der Waals surface area contributed by atoms with Crippen molar-refractivity contribution in [1.82, 2.24) is 4.90 Å². The van der Waals surface area contributed by atoms with Gasteiger partial charge in [-0.1, -0.05) is 55.5 Å². The average Bonchev–Trinajstić information content (AvgIpc) is 3.25. The minimum atomic E-state index is -4.00. The van der Waals surface area contributed by atoms with Crippen LogP contribution in [-0.4, -0.2) is 38.9 Å². The Morgan fingerprint density at radius 1 is 0.969 bits per heavy atom. The normalized spacial score (nSPS) is 16.0. The van der Waals surface area contributed by atoms with Gasteiger partial charge < -0.3 is 9.64 Å². The molecule has 1 unspecified atom stereocenters. The Hall–Kier alpha value is -3.32. The van der Waals surface area contributed by atoms with Gasteiger partial charge in [0.25, 0.3) is 10.0 Å². The molecule has 1 fully saturated rings. The third-order valence-electron chi connectivity index (χ3n) is 5.49. The quantitative estimate of drug-likeness (QED) is 0.530. The fourth-order valence-electron chi connectivity index (χ4n) is 3.77. The highest BCUT2D eigenvalue weighted by Crippen LogP contribution is 2.35. The van der Waals surface area contributed by atoms with Crippen LogP contribution in [0.1, 0.15) is 13.3 Å². The number of hydrogen-bond donors (Lipinski definition) is 0. The van der Waals surface area contributed by atoms with Gasteiger partial charge in [0.1, 0.15) is 12.3 Å². The molecule has 32 heavy (non-hydrogen) atoms. The van der Waals surface area contributed by atoms with Crippen LogP contribution in [0.4, 0.5) is 5.69 Å². The lowest BCUT2D eigenvalue weighted by Gasteiger charge is -2.28. The second kappa shape index (κ2) is 9.44. The van der Waals surface area contributed by atoms with Crippen LogP contribution >= 0.6 is 0 Å². The van der Waals surface area contributed by atoms with Crippen molar-refractivity contribution in [2.24, 2.45) is 5.92 Å². The number of carbonyl (C=O) groups is 1. The maximum absolute atomic E-state index is 13.7. The summed E-state index contributed by atoms with van der Waals surface area (Å²) in [4.78, 5) is 15.0. The van der Waals surface area contributed by atoms with Crippen molar-refractivity contribution in [2.45, 2.75) is 18.2 Å². The van der Waals surface area contributed by atoms with Gasteiger partial charge in [-0.2, -0.15) is 0 Å². The van der Waals surface area contributed by atoms with E-state index < -0.39 is 10.0 Å². The molecule has 0 aromatic heterocycles. The lowest BCUT2D eigenvalue weighted by atomic mass is 10.2. The van der Waals surface area contributed by atoms with E-state index in [1.54, 1.807) is 59.5 Å². The summed E-state index contributed by atoms with van der Waals surface area (Å²) in [6.07, 6.45) is 0.922. The first-order valence-corrected chi connectivity index (χ1v) is 12.1. The first-order chi connectivity index (χ1) is 15.4. The molecule has 3 aromatic carbocycles. The molecule has 0 N–H and O–H groups in total. The molecular weight excluding hydrogens is 424 g/mol. The zero-order valence-electron chi connectivity index (χ0n) is 17.9. The number of carbonyl (C=O) groups excluding carboxylic acids is 1. The van der Waals surface area contributed by atoms with Crippen LogP contribution in [0.5, 0.6) is 11.5 Å². The van der Waals surface area contributed by atoms with Crippen LogP contribution in [0.15, 0.2) is 89.8 Å². The van der Waals surface area contributed by atoms with Gasteiger partial charge in [0.2, 0.25) is 5.91 Å². The number of para-hydroxylation sites is 3. The molecule has 0 bridgehead atoms. The van der Waals surface area contributed by atoms with E-state index in [1.165, 1.54) is 12.1 Å². The van der Waals surface area contributed by atoms with Crippen molar-refractivity contribution < 1.29 is 17.9 Å². The molecule has 1 heterocycles. The Labute approximate surface area is 189 Å². The predicted octanol–water partition coefficient (Wildman–Crippen LogP) is 4.54. The first-order valence-electron chi connectivity index (χ1n) is 10.6. The fraction of sp³-hybridized carbons (Fsp3) is 0.240. The lowest BCUT2D eigenvalue weighted by Crippen LogP contribution is -2.42. The molecule has 4 rings (SSSR count). The summed E-state index contributed by atoms with van der Waals surface area (Å²) in [5.74, 6) is 1.13. The maximum atomic E-state index is 13.7. The van der Waals surface area contributed by atoms with Crippen LogP contribution in [0.3, 0.4) is 0 Å². The molecule has 1 aliphatic heterocycles. The molecule has 7 heteroatoms. The Bertz CT molecular complexity index is 1170. The third-order valence-corrected chi connectivity index (χ3v) is 7.27. The standard InChI is InChI=1S/C25H26N2O4S/c1-20-16-17-26(18-20)25(28)19-27(32(29,30)22-12-6-3-7-13-22)23-14-8-9-15-24(23)31-21-10-4-2-5-11-21/h2-15,20H,16-19H2,1H3. The first kappa shape index (κ1) is 21.9. The Morgan fingerprint density at radius 2 is 1.59 bits per heavy atom. The summed E-state index contributed by atoms with van der Waals surface area (Å²) in [5, 5.41) is 0. The summed E-state index contributed by atoms with van der Waals surface area (Å²) in [5.41, 5.74) is 0.320. The number of hydrogen-bond acceptors (Lipinski definition) is 4. The van der Waals surface area contributed by atoms with E-state index in [0.29, 0.717) is 36.2 Å². The average molecular weight is 451 g/mol. The van der Waals surface area contributed by atoms with Crippen molar-refractivity contribution >= 4 is 21.6 Å². The maximum Gasteiger partial charge on any atom is 0.264 e. The van der Waals surface area contributed by atoms with Crippen LogP contribution in [0, 0.1) is 5.92 Å². The number of benzene rings is 3. The van der Waals surface area contributed by atoms with Crippen LogP contribution in [0.2, 0.25) is 0 Å². The van der Waals surface area contributed by atoms with Gasteiger partial charge in [0.15, 0.2) is 5.75 Å². The molecule has 0 saturated carbocycles. The number of amides is 1. The van der Waals surface area contributed by atoms with Gasteiger partial charge in [-0.15, -0.1) is 0 Å². The number of sulfonamides is 1. The van der Waals surface area contributed by atoms with Crippen molar-refractivity contribution in [3.8, 4) is 11.5 Å². The minimum Gasteiger partial charge on any atom is -0.455 e. The highest BCUT2D eigenvalue weighted by atomic mass is 32.2. The smallest absolute Gasteiger partial charge is 0.264 e. The van der Waals surface area contributed by atoms with E-state index in [-0.39, 0.29) is 17.3 Å². The third kappa shape index (κ3) is 4.78. The molecule has 0 aliphatic carbocycles. The molecular formula is C25H26N2O4S. The SMILES string of the molecule is CC1CCN(C(=O)CN(c2ccccc2Oc2ccccc2)S(=O)(=O)c2ccccc2)C1. The van der Waals surface area contributed by atoms with E-state index >= 15 is 0 Å². The van der Waals surface area contributed by atoms with Gasteiger partial charge in [-0.05, 0) is 48.7 Å². The largest absolute Gasteiger partial charge is 0.455 e. The fourth-order valence-corrected chi connectivity index (χ4v) is 5.21. The highest BCUT2D eigenvalue weighted by molar-refractivity contribution is 7.92. The number of rotatable bonds is 7. The van der Waals surface area contributed by atoms with Crippen molar-refractivity contribution in [3.05, 3.63) is 84.9 Å². The molecule has 0 spiro atoms. The molecule has 0 radical (unpaired) electrons. The van der Waals surface area contributed by atoms with Crippen molar-refractivity contribution in [1.29, 1.82) is 0 Å². The van der Waals surface area contributed by atoms with Gasteiger partial charge in [-0.25, -0.2) is 8.42 Å². The monoisotopic (exact) mass is 450 g/mol. The number of likely N-dealkylation sites (tertiary alicyclic amines) is 1. The summed E-state index contributed by atoms with van der Waals surface area (Å²) in [7, 11) is -4.00. The molecule has 1 saturated heterocycles. The molecule has 6 nitrogen and oxygen atoms in total. The zero-order chi connectivity index (χ0) is 22.6. The van der Waals surface area contributed by atoms with E-state index in [2.05, 4.69) is 6.92 Å². The van der Waals surface area contributed by atoms with Gasteiger partial charge in [0.05, 0.1) is 10.6 Å². The Morgan fingerprint density at radius 3 is 2.25 bits per heavy atom. The number of ether oxygens (including phenoxy) is 1.